The smallest absolute Gasteiger partial charge is 0.277 e. The molecule has 4 heteroatoms. The number of rotatable bonds is 5. The Morgan fingerprint density at radius 1 is 0.957 bits per heavy atom. The highest BCUT2D eigenvalue weighted by Gasteiger charge is 2.02. The molecule has 0 radical (unpaired) electrons. The van der Waals surface area contributed by atoms with Gasteiger partial charge in [0.2, 0.25) is 0 Å². The maximum Gasteiger partial charge on any atom is 0.277 e. The van der Waals surface area contributed by atoms with Gasteiger partial charge in [-0.25, -0.2) is 5.43 Å². The average Bonchev–Trinajstić information content (AvgIpc) is 2.61. The van der Waals surface area contributed by atoms with Crippen LogP contribution < -0.4 is 10.2 Å². The van der Waals surface area contributed by atoms with E-state index in [0.29, 0.717) is 5.75 Å². The molecule has 0 bridgehead atoms. The van der Waals surface area contributed by atoms with E-state index in [9.17, 15) is 4.79 Å². The van der Waals surface area contributed by atoms with E-state index in [1.165, 1.54) is 0 Å². The number of hydrogen-bond donors (Lipinski definition) is 1. The van der Waals surface area contributed by atoms with E-state index in [0.717, 1.165) is 16.3 Å². The van der Waals surface area contributed by atoms with Crippen LogP contribution in [-0.2, 0) is 4.79 Å². The van der Waals surface area contributed by atoms with Crippen molar-refractivity contribution >= 4 is 22.9 Å². The third kappa shape index (κ3) is 4.17. The summed E-state index contributed by atoms with van der Waals surface area (Å²) in [7, 11) is 0. The van der Waals surface area contributed by atoms with Gasteiger partial charge in [-0.15, -0.1) is 0 Å². The summed E-state index contributed by atoms with van der Waals surface area (Å²) < 4.78 is 5.49. The standard InChI is InChI=1S/C19H16N2O2/c22-19(21-20-13-15-6-2-1-3-7-15)14-23-18-11-10-16-8-4-5-9-17(16)12-18/h1-13H,14H2,(H,21,22). The van der Waals surface area contributed by atoms with Gasteiger partial charge < -0.3 is 4.74 Å². The lowest BCUT2D eigenvalue weighted by Crippen LogP contribution is -2.24. The average molecular weight is 304 g/mol. The summed E-state index contributed by atoms with van der Waals surface area (Å²) in [5.41, 5.74) is 3.36. The maximum atomic E-state index is 11.7. The molecule has 1 amide bonds. The highest BCUT2D eigenvalue weighted by molar-refractivity contribution is 5.84. The molecular weight excluding hydrogens is 288 g/mol. The summed E-state index contributed by atoms with van der Waals surface area (Å²) in [5, 5.41) is 6.11. The first-order valence-corrected chi connectivity index (χ1v) is 7.30. The number of nitrogens with zero attached hydrogens (tertiary/aromatic N) is 1. The predicted molar refractivity (Wildman–Crippen MR) is 91.6 cm³/mol. The van der Waals surface area contributed by atoms with Crippen molar-refractivity contribution in [2.24, 2.45) is 5.10 Å². The van der Waals surface area contributed by atoms with E-state index >= 15 is 0 Å². The lowest BCUT2D eigenvalue weighted by atomic mass is 10.1. The molecule has 0 saturated heterocycles. The van der Waals surface area contributed by atoms with Crippen molar-refractivity contribution in [1.82, 2.24) is 5.43 Å². The van der Waals surface area contributed by atoms with Gasteiger partial charge in [0.05, 0.1) is 6.21 Å². The molecule has 1 N–H and O–H groups in total. The summed E-state index contributed by atoms with van der Waals surface area (Å²) in [6.45, 7) is -0.0789. The molecule has 4 nitrogen and oxygen atoms in total. The van der Waals surface area contributed by atoms with Crippen LogP contribution in [0, 0.1) is 0 Å². The van der Waals surface area contributed by atoms with Crippen molar-refractivity contribution < 1.29 is 9.53 Å². The van der Waals surface area contributed by atoms with Gasteiger partial charge in [0.15, 0.2) is 6.61 Å². The second-order valence-electron chi connectivity index (χ2n) is 5.00. The van der Waals surface area contributed by atoms with Crippen LogP contribution in [0.2, 0.25) is 0 Å². The van der Waals surface area contributed by atoms with E-state index in [1.807, 2.05) is 72.8 Å². The number of fused-ring (bicyclic) bond motifs is 1. The van der Waals surface area contributed by atoms with E-state index < -0.39 is 0 Å². The molecule has 0 fully saturated rings. The first-order valence-electron chi connectivity index (χ1n) is 7.30. The topological polar surface area (TPSA) is 50.7 Å². The Morgan fingerprint density at radius 2 is 1.70 bits per heavy atom. The molecule has 0 unspecified atom stereocenters. The fourth-order valence-electron chi connectivity index (χ4n) is 2.16. The van der Waals surface area contributed by atoms with Crippen LogP contribution in [0.1, 0.15) is 5.56 Å². The van der Waals surface area contributed by atoms with E-state index in [2.05, 4.69) is 10.5 Å². The number of carbonyl (C=O) groups is 1. The molecule has 0 aromatic heterocycles. The van der Waals surface area contributed by atoms with E-state index in [4.69, 9.17) is 4.74 Å². The van der Waals surface area contributed by atoms with Crippen molar-refractivity contribution in [3.63, 3.8) is 0 Å². The van der Waals surface area contributed by atoms with Crippen molar-refractivity contribution in [3.8, 4) is 5.75 Å². The molecule has 0 aliphatic carbocycles. The highest BCUT2D eigenvalue weighted by atomic mass is 16.5. The lowest BCUT2D eigenvalue weighted by molar-refractivity contribution is -0.123. The van der Waals surface area contributed by atoms with E-state index in [1.54, 1.807) is 6.21 Å². The second kappa shape index (κ2) is 7.22. The summed E-state index contributed by atoms with van der Waals surface area (Å²) in [4.78, 5) is 11.7. The molecule has 3 rings (SSSR count). The molecule has 114 valence electrons. The fourth-order valence-corrected chi connectivity index (χ4v) is 2.16. The Bertz CT molecular complexity index is 829. The third-order valence-corrected chi connectivity index (χ3v) is 3.29. The molecule has 0 spiro atoms. The number of benzene rings is 3. The molecule has 0 atom stereocenters. The molecule has 0 heterocycles. The molecule has 23 heavy (non-hydrogen) atoms. The number of nitrogens with one attached hydrogen (secondary N) is 1. The zero-order chi connectivity index (χ0) is 15.9. The summed E-state index contributed by atoms with van der Waals surface area (Å²) in [6, 6.07) is 23.3. The number of ether oxygens (including phenoxy) is 1. The van der Waals surface area contributed by atoms with Crippen LogP contribution in [0.4, 0.5) is 0 Å². The van der Waals surface area contributed by atoms with Crippen LogP contribution in [0.25, 0.3) is 10.8 Å². The van der Waals surface area contributed by atoms with Crippen molar-refractivity contribution in [1.29, 1.82) is 0 Å². The quantitative estimate of drug-likeness (QED) is 0.580. The normalized spacial score (nSPS) is 10.8. The zero-order valence-corrected chi connectivity index (χ0v) is 12.5. The van der Waals surface area contributed by atoms with Gasteiger partial charge in [0.25, 0.3) is 5.91 Å². The Labute approximate surface area is 134 Å². The number of hydrogen-bond acceptors (Lipinski definition) is 3. The minimum absolute atomic E-state index is 0.0789. The molecular formula is C19H16N2O2. The third-order valence-electron chi connectivity index (χ3n) is 3.29. The summed E-state index contributed by atoms with van der Waals surface area (Å²) >= 11 is 0. The summed E-state index contributed by atoms with van der Waals surface area (Å²) in [5.74, 6) is 0.358. The van der Waals surface area contributed by atoms with Crippen molar-refractivity contribution in [2.45, 2.75) is 0 Å². The Kier molecular flexibility index (Phi) is 4.64. The van der Waals surface area contributed by atoms with Gasteiger partial charge in [-0.2, -0.15) is 5.10 Å². The first kappa shape index (κ1) is 14.8. The highest BCUT2D eigenvalue weighted by Crippen LogP contribution is 2.20. The molecule has 3 aromatic carbocycles. The van der Waals surface area contributed by atoms with Gasteiger partial charge in [0, 0.05) is 0 Å². The monoisotopic (exact) mass is 304 g/mol. The number of hydrazone groups is 1. The maximum absolute atomic E-state index is 11.7. The largest absolute Gasteiger partial charge is 0.484 e. The minimum Gasteiger partial charge on any atom is -0.484 e. The number of amides is 1. The van der Waals surface area contributed by atoms with Crippen LogP contribution >= 0.6 is 0 Å². The SMILES string of the molecule is O=C(COc1ccc2ccccc2c1)NN=Cc1ccccc1. The van der Waals surface area contributed by atoms with Crippen molar-refractivity contribution in [2.75, 3.05) is 6.61 Å². The van der Waals surface area contributed by atoms with E-state index in [-0.39, 0.29) is 12.5 Å². The Morgan fingerprint density at radius 3 is 2.52 bits per heavy atom. The Hall–Kier alpha value is -3.14. The van der Waals surface area contributed by atoms with Crippen LogP contribution in [0.5, 0.6) is 5.75 Å². The van der Waals surface area contributed by atoms with Gasteiger partial charge in [-0.3, -0.25) is 4.79 Å². The van der Waals surface area contributed by atoms with Gasteiger partial charge >= 0.3 is 0 Å². The van der Waals surface area contributed by atoms with Crippen LogP contribution in [-0.4, -0.2) is 18.7 Å². The van der Waals surface area contributed by atoms with Crippen LogP contribution in [0.15, 0.2) is 77.9 Å². The number of carbonyl (C=O) groups excluding carboxylic acids is 1. The fraction of sp³-hybridized carbons (Fsp3) is 0.0526. The second-order valence-corrected chi connectivity index (χ2v) is 5.00. The summed E-state index contributed by atoms with van der Waals surface area (Å²) in [6.07, 6.45) is 1.59. The molecule has 0 aliphatic heterocycles. The van der Waals surface area contributed by atoms with Crippen LogP contribution in [0.3, 0.4) is 0 Å². The zero-order valence-electron chi connectivity index (χ0n) is 12.5. The van der Waals surface area contributed by atoms with Gasteiger partial charge in [0.1, 0.15) is 5.75 Å². The molecule has 3 aromatic rings. The van der Waals surface area contributed by atoms with Gasteiger partial charge in [-0.05, 0) is 28.5 Å². The van der Waals surface area contributed by atoms with Gasteiger partial charge in [-0.1, -0.05) is 60.7 Å². The minimum atomic E-state index is -0.301. The molecule has 0 aliphatic rings. The van der Waals surface area contributed by atoms with Crippen molar-refractivity contribution in [3.05, 3.63) is 78.4 Å². The Balaban J connectivity index is 1.52. The molecule has 0 saturated carbocycles. The predicted octanol–water partition coefficient (Wildman–Crippen LogP) is 3.37. The first-order chi connectivity index (χ1) is 11.3. The lowest BCUT2D eigenvalue weighted by Gasteiger charge is -2.06.